The summed E-state index contributed by atoms with van der Waals surface area (Å²) >= 11 is 0. The Kier molecular flexibility index (Phi) is 4.98. The van der Waals surface area contributed by atoms with Gasteiger partial charge in [-0.05, 0) is 25.0 Å². The van der Waals surface area contributed by atoms with Gasteiger partial charge in [-0.1, -0.05) is 0 Å². The van der Waals surface area contributed by atoms with Crippen molar-refractivity contribution in [2.45, 2.75) is 32.5 Å². The summed E-state index contributed by atoms with van der Waals surface area (Å²) in [5.74, 6) is 1.06. The number of aromatic nitrogens is 3. The van der Waals surface area contributed by atoms with Gasteiger partial charge >= 0.3 is 0 Å². The molecule has 144 valence electrons. The molecule has 0 unspecified atom stereocenters. The molecule has 2 aromatic heterocycles. The highest BCUT2D eigenvalue weighted by molar-refractivity contribution is 5.92. The van der Waals surface area contributed by atoms with Crippen LogP contribution in [0.1, 0.15) is 34.8 Å². The van der Waals surface area contributed by atoms with Crippen LogP contribution in [0.3, 0.4) is 0 Å². The normalized spacial score (nSPS) is 17.6. The van der Waals surface area contributed by atoms with Gasteiger partial charge in [-0.3, -0.25) is 9.59 Å². The lowest BCUT2D eigenvalue weighted by Gasteiger charge is -2.32. The third-order valence-electron chi connectivity index (χ3n) is 5.44. The minimum Gasteiger partial charge on any atom is -0.381 e. The standard InChI is InChI=1S/C19H25N5O3/c1-22-6-2-3-16(22)18(25)21-12-15-11-20-17-13-23(7-8-24(15)17)19(26)14-4-9-27-10-5-14/h2-3,6,11,14H,4-5,7-10,12-13H2,1H3,(H,21,25). The topological polar surface area (TPSA) is 81.4 Å². The summed E-state index contributed by atoms with van der Waals surface area (Å²) in [6.07, 6.45) is 5.25. The van der Waals surface area contributed by atoms with E-state index in [9.17, 15) is 9.59 Å². The summed E-state index contributed by atoms with van der Waals surface area (Å²) in [5.41, 5.74) is 1.59. The summed E-state index contributed by atoms with van der Waals surface area (Å²) < 4.78 is 9.26. The SMILES string of the molecule is Cn1cccc1C(=O)NCc1cnc2n1CCN(C(=O)C1CCOCC1)C2. The van der Waals surface area contributed by atoms with Crippen molar-refractivity contribution in [1.29, 1.82) is 0 Å². The highest BCUT2D eigenvalue weighted by Crippen LogP contribution is 2.21. The van der Waals surface area contributed by atoms with Crippen molar-refractivity contribution in [3.8, 4) is 0 Å². The molecule has 4 heterocycles. The van der Waals surface area contributed by atoms with Crippen molar-refractivity contribution in [3.63, 3.8) is 0 Å². The third kappa shape index (κ3) is 3.62. The minimum absolute atomic E-state index is 0.0734. The van der Waals surface area contributed by atoms with Crippen molar-refractivity contribution in [2.75, 3.05) is 19.8 Å². The molecule has 8 heteroatoms. The number of hydrogen-bond acceptors (Lipinski definition) is 4. The predicted molar refractivity (Wildman–Crippen MR) is 97.8 cm³/mol. The second-order valence-electron chi connectivity index (χ2n) is 7.15. The molecule has 0 atom stereocenters. The zero-order chi connectivity index (χ0) is 18.8. The van der Waals surface area contributed by atoms with Crippen LogP contribution in [-0.2, 0) is 36.2 Å². The van der Waals surface area contributed by atoms with E-state index in [1.165, 1.54) is 0 Å². The number of hydrogen-bond donors (Lipinski definition) is 1. The molecule has 27 heavy (non-hydrogen) atoms. The maximum Gasteiger partial charge on any atom is 0.268 e. The van der Waals surface area contributed by atoms with Crippen molar-refractivity contribution >= 4 is 11.8 Å². The molecular formula is C19H25N5O3. The van der Waals surface area contributed by atoms with Crippen molar-refractivity contribution < 1.29 is 14.3 Å². The Morgan fingerprint density at radius 2 is 2.11 bits per heavy atom. The molecule has 0 radical (unpaired) electrons. The maximum atomic E-state index is 12.7. The molecule has 0 bridgehead atoms. The number of nitrogens with one attached hydrogen (secondary N) is 1. The van der Waals surface area contributed by atoms with Crippen molar-refractivity contribution in [3.05, 3.63) is 41.7 Å². The lowest BCUT2D eigenvalue weighted by molar-refractivity contribution is -0.140. The monoisotopic (exact) mass is 371 g/mol. The fourth-order valence-corrected chi connectivity index (χ4v) is 3.81. The first-order valence-electron chi connectivity index (χ1n) is 9.43. The van der Waals surface area contributed by atoms with Crippen LogP contribution in [0.2, 0.25) is 0 Å². The Balaban J connectivity index is 1.37. The largest absolute Gasteiger partial charge is 0.381 e. The van der Waals surface area contributed by atoms with Gasteiger partial charge in [0.15, 0.2) is 0 Å². The molecule has 4 rings (SSSR count). The van der Waals surface area contributed by atoms with Crippen LogP contribution in [0.15, 0.2) is 24.5 Å². The highest BCUT2D eigenvalue weighted by Gasteiger charge is 2.29. The van der Waals surface area contributed by atoms with Gasteiger partial charge in [0.05, 0.1) is 25.0 Å². The second-order valence-corrected chi connectivity index (χ2v) is 7.15. The van der Waals surface area contributed by atoms with Crippen LogP contribution in [0.5, 0.6) is 0 Å². The first kappa shape index (κ1) is 17.8. The molecule has 0 saturated carbocycles. The van der Waals surface area contributed by atoms with E-state index in [2.05, 4.69) is 14.9 Å². The summed E-state index contributed by atoms with van der Waals surface area (Å²) in [5, 5.41) is 2.95. The number of aryl methyl sites for hydroxylation is 1. The Labute approximate surface area is 158 Å². The van der Waals surface area contributed by atoms with E-state index < -0.39 is 0 Å². The van der Waals surface area contributed by atoms with Gasteiger partial charge in [0, 0.05) is 45.5 Å². The summed E-state index contributed by atoms with van der Waals surface area (Å²) in [6.45, 7) is 3.68. The average molecular weight is 371 g/mol. The van der Waals surface area contributed by atoms with Crippen molar-refractivity contribution in [2.24, 2.45) is 13.0 Å². The molecule has 8 nitrogen and oxygen atoms in total. The number of imidazole rings is 1. The Hall–Kier alpha value is -2.61. The van der Waals surface area contributed by atoms with E-state index in [1.54, 1.807) is 16.8 Å². The number of rotatable bonds is 4. The zero-order valence-electron chi connectivity index (χ0n) is 15.6. The molecule has 0 aliphatic carbocycles. The molecule has 1 N–H and O–H groups in total. The van der Waals surface area contributed by atoms with E-state index in [0.717, 1.165) is 24.4 Å². The molecule has 2 aromatic rings. The van der Waals surface area contributed by atoms with Crippen LogP contribution >= 0.6 is 0 Å². The fourth-order valence-electron chi connectivity index (χ4n) is 3.81. The molecule has 2 aliphatic heterocycles. The van der Waals surface area contributed by atoms with Gasteiger partial charge in [-0.25, -0.2) is 4.98 Å². The Morgan fingerprint density at radius 1 is 1.30 bits per heavy atom. The van der Waals surface area contributed by atoms with Gasteiger partial charge in [-0.2, -0.15) is 0 Å². The quantitative estimate of drug-likeness (QED) is 0.867. The molecule has 1 saturated heterocycles. The summed E-state index contributed by atoms with van der Waals surface area (Å²) in [6, 6.07) is 3.64. The van der Waals surface area contributed by atoms with Crippen LogP contribution in [0.4, 0.5) is 0 Å². The summed E-state index contributed by atoms with van der Waals surface area (Å²) in [4.78, 5) is 31.4. The predicted octanol–water partition coefficient (Wildman–Crippen LogP) is 0.920. The van der Waals surface area contributed by atoms with E-state index in [4.69, 9.17) is 4.74 Å². The van der Waals surface area contributed by atoms with Gasteiger partial charge in [0.25, 0.3) is 5.91 Å². The highest BCUT2D eigenvalue weighted by atomic mass is 16.5. The van der Waals surface area contributed by atoms with Gasteiger partial charge in [0.2, 0.25) is 5.91 Å². The fraction of sp³-hybridized carbons (Fsp3) is 0.526. The molecule has 0 spiro atoms. The summed E-state index contributed by atoms with van der Waals surface area (Å²) in [7, 11) is 1.85. The molecule has 2 amide bonds. The number of carbonyl (C=O) groups excluding carboxylic acids is 2. The number of ether oxygens (including phenoxy) is 1. The van der Waals surface area contributed by atoms with Gasteiger partial charge in [0.1, 0.15) is 11.5 Å². The van der Waals surface area contributed by atoms with Gasteiger partial charge < -0.3 is 24.1 Å². The maximum absolute atomic E-state index is 12.7. The van der Waals surface area contributed by atoms with E-state index in [0.29, 0.717) is 45.1 Å². The average Bonchev–Trinajstić information content (AvgIpc) is 3.31. The van der Waals surface area contributed by atoms with Crippen LogP contribution in [0, 0.1) is 5.92 Å². The molecule has 0 aromatic carbocycles. The van der Waals surface area contributed by atoms with E-state index in [1.807, 2.05) is 24.2 Å². The third-order valence-corrected chi connectivity index (χ3v) is 5.44. The van der Waals surface area contributed by atoms with Crippen LogP contribution in [0.25, 0.3) is 0 Å². The smallest absolute Gasteiger partial charge is 0.268 e. The second kappa shape index (κ2) is 7.56. The van der Waals surface area contributed by atoms with Crippen LogP contribution in [-0.4, -0.2) is 50.6 Å². The lowest BCUT2D eigenvalue weighted by atomic mass is 9.98. The Bertz CT molecular complexity index is 834. The molecule has 1 fully saturated rings. The Morgan fingerprint density at radius 3 is 2.85 bits per heavy atom. The number of amides is 2. The number of fused-ring (bicyclic) bond motifs is 1. The lowest BCUT2D eigenvalue weighted by Crippen LogP contribution is -2.43. The van der Waals surface area contributed by atoms with Gasteiger partial charge in [-0.15, -0.1) is 0 Å². The first-order chi connectivity index (χ1) is 13.1. The van der Waals surface area contributed by atoms with E-state index in [-0.39, 0.29) is 17.7 Å². The molecule has 2 aliphatic rings. The van der Waals surface area contributed by atoms with Crippen molar-refractivity contribution in [1.82, 2.24) is 24.3 Å². The number of carbonyl (C=O) groups is 2. The van der Waals surface area contributed by atoms with E-state index >= 15 is 0 Å². The van der Waals surface area contributed by atoms with Crippen LogP contribution < -0.4 is 5.32 Å². The first-order valence-corrected chi connectivity index (χ1v) is 9.43. The number of nitrogens with zero attached hydrogens (tertiary/aromatic N) is 4. The minimum atomic E-state index is -0.106. The molecular weight excluding hydrogens is 346 g/mol. The zero-order valence-corrected chi connectivity index (χ0v) is 15.6.